The van der Waals surface area contributed by atoms with Crippen LogP contribution in [0.3, 0.4) is 0 Å². The van der Waals surface area contributed by atoms with Gasteiger partial charge in [0.05, 0.1) is 0 Å². The molecule has 0 bridgehead atoms. The Bertz CT molecular complexity index is 578. The maximum atomic E-state index is 12.4. The molecule has 1 unspecified atom stereocenters. The van der Waals surface area contributed by atoms with Crippen LogP contribution in [0.15, 0.2) is 42.6 Å². The van der Waals surface area contributed by atoms with Crippen molar-refractivity contribution in [2.45, 2.75) is 26.1 Å². The van der Waals surface area contributed by atoms with Crippen LogP contribution in [0.5, 0.6) is 5.88 Å². The first-order valence-electron chi connectivity index (χ1n) is 6.13. The summed E-state index contributed by atoms with van der Waals surface area (Å²) in [5, 5.41) is 0. The number of rotatable bonds is 3. The third-order valence-electron chi connectivity index (χ3n) is 2.85. The molecular weight excluding hydrogens is 267 g/mol. The Hall–Kier alpha value is -2.04. The van der Waals surface area contributed by atoms with Gasteiger partial charge in [-0.1, -0.05) is 29.8 Å². The van der Waals surface area contributed by atoms with Crippen molar-refractivity contribution in [2.24, 2.45) is 0 Å². The molecule has 0 saturated heterocycles. The molecule has 106 valence electrons. The second-order valence-corrected chi connectivity index (χ2v) is 4.56. The van der Waals surface area contributed by atoms with E-state index in [4.69, 9.17) is 4.74 Å². The molecule has 0 amide bonds. The molecule has 0 aliphatic rings. The molecule has 2 nitrogen and oxygen atoms in total. The average Bonchev–Trinajstić information content (AvgIpc) is 2.38. The third-order valence-corrected chi connectivity index (χ3v) is 2.85. The van der Waals surface area contributed by atoms with Gasteiger partial charge in [0.15, 0.2) is 6.10 Å². The van der Waals surface area contributed by atoms with Crippen LogP contribution < -0.4 is 4.74 Å². The zero-order valence-corrected chi connectivity index (χ0v) is 11.1. The normalized spacial score (nSPS) is 13.1. The molecule has 0 aliphatic heterocycles. The molecule has 1 aromatic heterocycles. The zero-order chi connectivity index (χ0) is 14.8. The molecule has 1 aromatic carbocycles. The van der Waals surface area contributed by atoms with E-state index in [9.17, 15) is 13.2 Å². The lowest BCUT2D eigenvalue weighted by Gasteiger charge is -2.16. The summed E-state index contributed by atoms with van der Waals surface area (Å²) in [5.74, 6) is -0.0359. The van der Waals surface area contributed by atoms with Gasteiger partial charge in [-0.15, -0.1) is 0 Å². The van der Waals surface area contributed by atoms with Crippen molar-refractivity contribution in [1.29, 1.82) is 0 Å². The van der Waals surface area contributed by atoms with E-state index in [1.54, 1.807) is 6.07 Å². The predicted molar refractivity (Wildman–Crippen MR) is 70.6 cm³/mol. The van der Waals surface area contributed by atoms with Crippen molar-refractivity contribution in [3.8, 4) is 17.0 Å². The van der Waals surface area contributed by atoms with Crippen LogP contribution in [0.1, 0.15) is 12.5 Å². The van der Waals surface area contributed by atoms with E-state index in [-0.39, 0.29) is 5.88 Å². The molecule has 2 aromatic rings. The van der Waals surface area contributed by atoms with Crippen molar-refractivity contribution in [3.05, 3.63) is 48.2 Å². The standard InChI is InChI=1S/C15H14F3NO/c1-10-4-3-5-12(8-10)13-6-7-14(19-9-13)20-11(2)15(16,17)18/h3-9,11H,1-2H3. The summed E-state index contributed by atoms with van der Waals surface area (Å²) in [6.07, 6.45) is -4.76. The van der Waals surface area contributed by atoms with Gasteiger partial charge in [0.2, 0.25) is 5.88 Å². The van der Waals surface area contributed by atoms with Crippen LogP contribution in [-0.2, 0) is 0 Å². The Labute approximate surface area is 115 Å². The highest BCUT2D eigenvalue weighted by Crippen LogP contribution is 2.25. The maximum Gasteiger partial charge on any atom is 0.425 e. The first-order valence-corrected chi connectivity index (χ1v) is 6.13. The summed E-state index contributed by atoms with van der Waals surface area (Å²) in [4.78, 5) is 3.92. The second kappa shape index (κ2) is 5.53. The van der Waals surface area contributed by atoms with Crippen LogP contribution >= 0.6 is 0 Å². The zero-order valence-electron chi connectivity index (χ0n) is 11.1. The summed E-state index contributed by atoms with van der Waals surface area (Å²) < 4.78 is 41.9. The molecular formula is C15H14F3NO. The van der Waals surface area contributed by atoms with Gasteiger partial charge in [0.1, 0.15) is 0 Å². The van der Waals surface area contributed by atoms with Gasteiger partial charge in [-0.25, -0.2) is 4.98 Å². The molecule has 0 aliphatic carbocycles. The van der Waals surface area contributed by atoms with Gasteiger partial charge in [-0.3, -0.25) is 0 Å². The van der Waals surface area contributed by atoms with Crippen LogP contribution in [0.4, 0.5) is 13.2 Å². The Morgan fingerprint density at radius 2 is 1.85 bits per heavy atom. The van der Waals surface area contributed by atoms with E-state index in [0.29, 0.717) is 0 Å². The third kappa shape index (κ3) is 3.50. The minimum Gasteiger partial charge on any atom is -0.465 e. The number of pyridine rings is 1. The van der Waals surface area contributed by atoms with E-state index in [0.717, 1.165) is 23.6 Å². The highest BCUT2D eigenvalue weighted by atomic mass is 19.4. The van der Waals surface area contributed by atoms with Gasteiger partial charge < -0.3 is 4.74 Å². The molecule has 5 heteroatoms. The molecule has 0 saturated carbocycles. The minimum absolute atomic E-state index is 0.0359. The highest BCUT2D eigenvalue weighted by Gasteiger charge is 2.38. The van der Waals surface area contributed by atoms with Crippen LogP contribution in [0.2, 0.25) is 0 Å². The SMILES string of the molecule is Cc1cccc(-c2ccc(OC(C)C(F)(F)F)nc2)c1. The monoisotopic (exact) mass is 281 g/mol. The molecule has 0 radical (unpaired) electrons. The summed E-state index contributed by atoms with van der Waals surface area (Å²) in [7, 11) is 0. The average molecular weight is 281 g/mol. The van der Waals surface area contributed by atoms with Gasteiger partial charge >= 0.3 is 6.18 Å². The molecule has 0 N–H and O–H groups in total. The van der Waals surface area contributed by atoms with E-state index in [2.05, 4.69) is 4.98 Å². The van der Waals surface area contributed by atoms with Crippen molar-refractivity contribution in [1.82, 2.24) is 4.98 Å². The highest BCUT2D eigenvalue weighted by molar-refractivity contribution is 5.63. The van der Waals surface area contributed by atoms with Crippen LogP contribution in [-0.4, -0.2) is 17.3 Å². The second-order valence-electron chi connectivity index (χ2n) is 4.56. The Balaban J connectivity index is 2.15. The van der Waals surface area contributed by atoms with Crippen molar-refractivity contribution < 1.29 is 17.9 Å². The van der Waals surface area contributed by atoms with Crippen LogP contribution in [0, 0.1) is 6.92 Å². The molecule has 0 spiro atoms. The smallest absolute Gasteiger partial charge is 0.425 e. The number of alkyl halides is 3. The number of aryl methyl sites for hydroxylation is 1. The van der Waals surface area contributed by atoms with Crippen molar-refractivity contribution >= 4 is 0 Å². The van der Waals surface area contributed by atoms with Gasteiger partial charge in [0, 0.05) is 17.8 Å². The van der Waals surface area contributed by atoms with Crippen LogP contribution in [0.25, 0.3) is 11.1 Å². The molecule has 1 heterocycles. The van der Waals surface area contributed by atoms with Gasteiger partial charge in [0.25, 0.3) is 0 Å². The quantitative estimate of drug-likeness (QED) is 0.832. The first kappa shape index (κ1) is 14.4. The fraction of sp³-hybridized carbons (Fsp3) is 0.267. The number of aromatic nitrogens is 1. The lowest BCUT2D eigenvalue weighted by atomic mass is 10.1. The summed E-state index contributed by atoms with van der Waals surface area (Å²) in [5.41, 5.74) is 2.90. The maximum absolute atomic E-state index is 12.4. The number of nitrogens with zero attached hydrogens (tertiary/aromatic N) is 1. The summed E-state index contributed by atoms with van der Waals surface area (Å²) in [6.45, 7) is 2.93. The lowest BCUT2D eigenvalue weighted by Crippen LogP contribution is -2.31. The Morgan fingerprint density at radius 1 is 1.10 bits per heavy atom. The number of halogens is 3. The van der Waals surface area contributed by atoms with E-state index in [1.165, 1.54) is 12.3 Å². The molecule has 1 atom stereocenters. The van der Waals surface area contributed by atoms with Crippen molar-refractivity contribution in [3.63, 3.8) is 0 Å². The van der Waals surface area contributed by atoms with Gasteiger partial charge in [-0.2, -0.15) is 13.2 Å². The summed E-state index contributed by atoms with van der Waals surface area (Å²) in [6, 6.07) is 10.9. The number of hydrogen-bond donors (Lipinski definition) is 0. The largest absolute Gasteiger partial charge is 0.465 e. The van der Waals surface area contributed by atoms with Gasteiger partial charge in [-0.05, 0) is 25.5 Å². The number of hydrogen-bond acceptors (Lipinski definition) is 2. The number of benzene rings is 1. The Kier molecular flexibility index (Phi) is 3.97. The summed E-state index contributed by atoms with van der Waals surface area (Å²) >= 11 is 0. The van der Waals surface area contributed by atoms with E-state index in [1.807, 2.05) is 31.2 Å². The van der Waals surface area contributed by atoms with E-state index < -0.39 is 12.3 Å². The minimum atomic E-state index is -4.39. The fourth-order valence-electron chi connectivity index (χ4n) is 1.69. The molecule has 0 fully saturated rings. The molecule has 2 rings (SSSR count). The van der Waals surface area contributed by atoms with E-state index >= 15 is 0 Å². The van der Waals surface area contributed by atoms with Crippen molar-refractivity contribution in [2.75, 3.05) is 0 Å². The lowest BCUT2D eigenvalue weighted by molar-refractivity contribution is -0.189. The number of ether oxygens (including phenoxy) is 1. The first-order chi connectivity index (χ1) is 9.36. The topological polar surface area (TPSA) is 22.1 Å². The predicted octanol–water partition coefficient (Wildman–Crippen LogP) is 4.39. The molecule has 20 heavy (non-hydrogen) atoms. The Morgan fingerprint density at radius 3 is 2.40 bits per heavy atom. The fourth-order valence-corrected chi connectivity index (χ4v) is 1.69.